The quantitative estimate of drug-likeness (QED) is 0.376. The molecule has 0 fully saturated rings. The molecule has 0 heterocycles. The number of carbonyl (C=O) groups excluding carboxylic acids is 1. The summed E-state index contributed by atoms with van der Waals surface area (Å²) in [7, 11) is 0. The standard InChI is InChI=1S/C14H30N2O3/c15-10-6-3-1-2-4-9-14(19)16-11-7-5-8-13(18)12-17/h13,17-18H,1-12,15H2,(H,16,19). The average molecular weight is 274 g/mol. The molecule has 0 bridgehead atoms. The SMILES string of the molecule is NCCCCCCCC(=O)NCCCCC(O)CO. The summed E-state index contributed by atoms with van der Waals surface area (Å²) >= 11 is 0. The fraction of sp³-hybridized carbons (Fsp3) is 0.929. The monoisotopic (exact) mass is 274 g/mol. The topological polar surface area (TPSA) is 95.6 Å². The Morgan fingerprint density at radius 1 is 1.05 bits per heavy atom. The molecule has 0 rings (SSSR count). The first-order chi connectivity index (χ1) is 9.20. The fourth-order valence-electron chi connectivity index (χ4n) is 1.87. The molecule has 0 aliphatic heterocycles. The van der Waals surface area contributed by atoms with Gasteiger partial charge >= 0.3 is 0 Å². The van der Waals surface area contributed by atoms with Gasteiger partial charge in [-0.15, -0.1) is 0 Å². The van der Waals surface area contributed by atoms with Gasteiger partial charge in [0.1, 0.15) is 0 Å². The smallest absolute Gasteiger partial charge is 0.219 e. The van der Waals surface area contributed by atoms with Gasteiger partial charge in [0.2, 0.25) is 5.91 Å². The Kier molecular flexibility index (Phi) is 13.3. The summed E-state index contributed by atoms with van der Waals surface area (Å²) in [4.78, 5) is 11.5. The first-order valence-corrected chi connectivity index (χ1v) is 7.46. The highest BCUT2D eigenvalue weighted by molar-refractivity contribution is 5.75. The molecular weight excluding hydrogens is 244 g/mol. The van der Waals surface area contributed by atoms with Crippen molar-refractivity contribution in [2.45, 2.75) is 63.9 Å². The van der Waals surface area contributed by atoms with E-state index in [9.17, 15) is 4.79 Å². The van der Waals surface area contributed by atoms with E-state index >= 15 is 0 Å². The Bertz CT molecular complexity index is 213. The van der Waals surface area contributed by atoms with Gasteiger partial charge in [-0.3, -0.25) is 4.79 Å². The molecule has 0 saturated heterocycles. The van der Waals surface area contributed by atoms with Gasteiger partial charge in [-0.25, -0.2) is 0 Å². The molecule has 5 N–H and O–H groups in total. The number of hydrogen-bond acceptors (Lipinski definition) is 4. The molecule has 0 saturated carbocycles. The Morgan fingerprint density at radius 2 is 1.74 bits per heavy atom. The second-order valence-electron chi connectivity index (χ2n) is 4.99. The van der Waals surface area contributed by atoms with E-state index in [1.54, 1.807) is 0 Å². The van der Waals surface area contributed by atoms with E-state index in [-0.39, 0.29) is 12.5 Å². The molecule has 0 aromatic carbocycles. The van der Waals surface area contributed by atoms with Crippen molar-refractivity contribution >= 4 is 5.91 Å². The van der Waals surface area contributed by atoms with Crippen LogP contribution in [0.1, 0.15) is 57.8 Å². The largest absolute Gasteiger partial charge is 0.394 e. The molecular formula is C14H30N2O3. The van der Waals surface area contributed by atoms with Crippen molar-refractivity contribution in [2.75, 3.05) is 19.7 Å². The summed E-state index contributed by atoms with van der Waals surface area (Å²) in [5.74, 6) is 0.113. The van der Waals surface area contributed by atoms with Crippen LogP contribution in [0.5, 0.6) is 0 Å². The number of rotatable bonds is 13. The van der Waals surface area contributed by atoms with Crippen LogP contribution in [-0.4, -0.2) is 41.9 Å². The van der Waals surface area contributed by atoms with E-state index in [0.29, 0.717) is 19.4 Å². The van der Waals surface area contributed by atoms with Gasteiger partial charge in [-0.05, 0) is 38.6 Å². The maximum Gasteiger partial charge on any atom is 0.219 e. The minimum Gasteiger partial charge on any atom is -0.394 e. The molecule has 0 aliphatic carbocycles. The molecule has 0 radical (unpaired) electrons. The summed E-state index contributed by atoms with van der Waals surface area (Å²) in [6.45, 7) is 1.23. The lowest BCUT2D eigenvalue weighted by Crippen LogP contribution is -2.24. The van der Waals surface area contributed by atoms with Crippen molar-refractivity contribution in [3.05, 3.63) is 0 Å². The number of nitrogens with one attached hydrogen (secondary N) is 1. The van der Waals surface area contributed by atoms with E-state index in [0.717, 1.165) is 51.5 Å². The number of nitrogens with two attached hydrogens (primary N) is 1. The molecule has 0 aromatic heterocycles. The molecule has 0 aromatic rings. The molecule has 5 nitrogen and oxygen atoms in total. The lowest BCUT2D eigenvalue weighted by atomic mass is 10.1. The third kappa shape index (κ3) is 13.6. The van der Waals surface area contributed by atoms with Crippen LogP contribution >= 0.6 is 0 Å². The zero-order chi connectivity index (χ0) is 14.3. The van der Waals surface area contributed by atoms with Gasteiger partial charge in [0.15, 0.2) is 0 Å². The fourth-order valence-corrected chi connectivity index (χ4v) is 1.87. The van der Waals surface area contributed by atoms with Crippen LogP contribution in [0, 0.1) is 0 Å². The summed E-state index contributed by atoms with van der Waals surface area (Å²) in [5, 5.41) is 20.6. The molecule has 5 heteroatoms. The second-order valence-corrected chi connectivity index (χ2v) is 4.99. The highest BCUT2D eigenvalue weighted by atomic mass is 16.3. The number of aliphatic hydroxyl groups is 2. The highest BCUT2D eigenvalue weighted by Crippen LogP contribution is 2.05. The van der Waals surface area contributed by atoms with Gasteiger partial charge in [-0.2, -0.15) is 0 Å². The Morgan fingerprint density at radius 3 is 2.42 bits per heavy atom. The lowest BCUT2D eigenvalue weighted by Gasteiger charge is -2.07. The molecule has 1 atom stereocenters. The predicted molar refractivity (Wildman–Crippen MR) is 76.7 cm³/mol. The first kappa shape index (κ1) is 18.4. The normalized spacial score (nSPS) is 12.4. The number of hydrogen-bond donors (Lipinski definition) is 4. The Hall–Kier alpha value is -0.650. The van der Waals surface area contributed by atoms with Crippen LogP contribution in [-0.2, 0) is 4.79 Å². The zero-order valence-corrected chi connectivity index (χ0v) is 11.9. The summed E-state index contributed by atoms with van der Waals surface area (Å²) in [6, 6.07) is 0. The van der Waals surface area contributed by atoms with Crippen molar-refractivity contribution in [3.8, 4) is 0 Å². The van der Waals surface area contributed by atoms with E-state index in [1.165, 1.54) is 0 Å². The maximum atomic E-state index is 11.5. The number of aliphatic hydroxyl groups excluding tert-OH is 2. The van der Waals surface area contributed by atoms with E-state index in [1.807, 2.05) is 0 Å². The predicted octanol–water partition coefficient (Wildman–Crippen LogP) is 0.925. The van der Waals surface area contributed by atoms with Crippen molar-refractivity contribution in [2.24, 2.45) is 5.73 Å². The zero-order valence-electron chi connectivity index (χ0n) is 11.9. The van der Waals surface area contributed by atoms with Gasteiger partial charge in [-0.1, -0.05) is 19.3 Å². The number of unbranched alkanes of at least 4 members (excludes halogenated alkanes) is 5. The van der Waals surface area contributed by atoms with Gasteiger partial charge in [0.05, 0.1) is 12.7 Å². The maximum absolute atomic E-state index is 11.5. The third-order valence-corrected chi connectivity index (χ3v) is 3.11. The summed E-state index contributed by atoms with van der Waals surface area (Å²) < 4.78 is 0. The van der Waals surface area contributed by atoms with Crippen LogP contribution in [0.2, 0.25) is 0 Å². The van der Waals surface area contributed by atoms with Crippen LogP contribution < -0.4 is 11.1 Å². The highest BCUT2D eigenvalue weighted by Gasteiger charge is 2.02. The van der Waals surface area contributed by atoms with Crippen LogP contribution in [0.3, 0.4) is 0 Å². The minimum atomic E-state index is -0.621. The minimum absolute atomic E-state index is 0.113. The van der Waals surface area contributed by atoms with Crippen molar-refractivity contribution in [3.63, 3.8) is 0 Å². The van der Waals surface area contributed by atoms with Crippen LogP contribution in [0.25, 0.3) is 0 Å². The van der Waals surface area contributed by atoms with Crippen LogP contribution in [0.4, 0.5) is 0 Å². The van der Waals surface area contributed by atoms with Gasteiger partial charge in [0, 0.05) is 13.0 Å². The molecule has 1 unspecified atom stereocenters. The van der Waals surface area contributed by atoms with E-state index in [2.05, 4.69) is 5.32 Å². The van der Waals surface area contributed by atoms with Gasteiger partial charge < -0.3 is 21.3 Å². The Balaban J connectivity index is 3.21. The van der Waals surface area contributed by atoms with E-state index < -0.39 is 6.10 Å². The number of carbonyl (C=O) groups is 1. The van der Waals surface area contributed by atoms with Gasteiger partial charge in [0.25, 0.3) is 0 Å². The lowest BCUT2D eigenvalue weighted by molar-refractivity contribution is -0.121. The third-order valence-electron chi connectivity index (χ3n) is 3.11. The second kappa shape index (κ2) is 13.8. The van der Waals surface area contributed by atoms with Crippen molar-refractivity contribution < 1.29 is 15.0 Å². The van der Waals surface area contributed by atoms with Crippen LogP contribution in [0.15, 0.2) is 0 Å². The van der Waals surface area contributed by atoms with E-state index in [4.69, 9.17) is 15.9 Å². The molecule has 114 valence electrons. The first-order valence-electron chi connectivity index (χ1n) is 7.46. The average Bonchev–Trinajstić information content (AvgIpc) is 2.42. The molecule has 0 aliphatic rings. The summed E-state index contributed by atoms with van der Waals surface area (Å²) in [6.07, 6.45) is 7.66. The Labute approximate surface area is 116 Å². The van der Waals surface area contributed by atoms with Crippen molar-refractivity contribution in [1.82, 2.24) is 5.32 Å². The number of amides is 1. The molecule has 19 heavy (non-hydrogen) atoms. The molecule has 0 spiro atoms. The molecule has 1 amide bonds. The summed E-state index contributed by atoms with van der Waals surface area (Å²) in [5.41, 5.74) is 5.40. The van der Waals surface area contributed by atoms with Crippen molar-refractivity contribution in [1.29, 1.82) is 0 Å².